The topological polar surface area (TPSA) is 174 Å². The summed E-state index contributed by atoms with van der Waals surface area (Å²) in [6.45, 7) is 5.62. The molecule has 40 heavy (non-hydrogen) atoms. The Morgan fingerprint density at radius 3 is 1.68 bits per heavy atom. The number of piperazine rings is 1. The molecule has 0 spiro atoms. The predicted molar refractivity (Wildman–Crippen MR) is 144 cm³/mol. The minimum absolute atomic E-state index is 0.0320. The summed E-state index contributed by atoms with van der Waals surface area (Å²) in [5.74, 6) is -2.49. The number of aliphatic carboxylic acids is 4. The molecule has 0 aliphatic carbocycles. The van der Waals surface area contributed by atoms with E-state index >= 15 is 0 Å². The number of benzene rings is 2. The maximum absolute atomic E-state index is 9.55. The number of fused-ring (bicyclic) bond motifs is 2. The van der Waals surface area contributed by atoms with Crippen LogP contribution in [0, 0.1) is 0 Å². The molecular weight excluding hydrogens is 524 g/mol. The molecular formula is C28H32N2O10. The van der Waals surface area contributed by atoms with E-state index in [9.17, 15) is 19.2 Å². The molecule has 214 valence electrons. The van der Waals surface area contributed by atoms with Crippen LogP contribution in [0.4, 0.5) is 0 Å². The second-order valence-corrected chi connectivity index (χ2v) is 8.65. The highest BCUT2D eigenvalue weighted by molar-refractivity contribution is 5.90. The highest BCUT2D eigenvalue weighted by atomic mass is 16.5. The fourth-order valence-electron chi connectivity index (χ4n) is 3.68. The van der Waals surface area contributed by atoms with Gasteiger partial charge >= 0.3 is 23.9 Å². The molecule has 1 fully saturated rings. The fraction of sp³-hybridized carbons (Fsp3) is 0.286. The van der Waals surface area contributed by atoms with E-state index in [1.54, 1.807) is 0 Å². The molecule has 0 saturated carbocycles. The number of hydrogen-bond acceptors (Lipinski definition) is 8. The van der Waals surface area contributed by atoms with Gasteiger partial charge in [0.25, 0.3) is 0 Å². The Morgan fingerprint density at radius 2 is 1.18 bits per heavy atom. The lowest BCUT2D eigenvalue weighted by atomic mass is 10.0. The van der Waals surface area contributed by atoms with Gasteiger partial charge in [0.2, 0.25) is 0 Å². The number of para-hydroxylation sites is 3. The van der Waals surface area contributed by atoms with Gasteiger partial charge in [-0.15, -0.1) is 0 Å². The second-order valence-electron chi connectivity index (χ2n) is 8.65. The van der Waals surface area contributed by atoms with Gasteiger partial charge in [-0.2, -0.15) is 0 Å². The van der Waals surface area contributed by atoms with Crippen LogP contribution in [0.15, 0.2) is 72.8 Å². The van der Waals surface area contributed by atoms with E-state index in [4.69, 9.17) is 29.9 Å². The van der Waals surface area contributed by atoms with Gasteiger partial charge in [-0.3, -0.25) is 0 Å². The first kappa shape index (κ1) is 31.5. The minimum atomic E-state index is -1.26. The van der Waals surface area contributed by atoms with Gasteiger partial charge in [0.1, 0.15) is 11.9 Å². The molecule has 4 N–H and O–H groups in total. The number of hydrogen-bond donors (Lipinski definition) is 4. The van der Waals surface area contributed by atoms with Gasteiger partial charge in [-0.05, 0) is 25.2 Å². The number of likely N-dealkylation sites (N-methyl/N-ethyl adjacent to an activating group) is 1. The van der Waals surface area contributed by atoms with Gasteiger partial charge in [0.05, 0.1) is 0 Å². The van der Waals surface area contributed by atoms with Gasteiger partial charge in [0.15, 0.2) is 11.5 Å². The average molecular weight is 557 g/mol. The quantitative estimate of drug-likeness (QED) is 0.368. The second kappa shape index (κ2) is 16.3. The van der Waals surface area contributed by atoms with Gasteiger partial charge in [0, 0.05) is 69.0 Å². The molecule has 0 amide bonds. The Bertz CT molecular complexity index is 1150. The van der Waals surface area contributed by atoms with Crippen LogP contribution in [0.3, 0.4) is 0 Å². The molecule has 0 aromatic heterocycles. The highest BCUT2D eigenvalue weighted by Crippen LogP contribution is 2.42. The van der Waals surface area contributed by atoms with E-state index in [0.717, 1.165) is 62.0 Å². The van der Waals surface area contributed by atoms with Crippen molar-refractivity contribution in [2.45, 2.75) is 12.5 Å². The monoisotopic (exact) mass is 556 g/mol. The van der Waals surface area contributed by atoms with Crippen LogP contribution in [0.2, 0.25) is 0 Å². The molecule has 1 saturated heterocycles. The highest BCUT2D eigenvalue weighted by Gasteiger charge is 2.25. The van der Waals surface area contributed by atoms with Crippen LogP contribution >= 0.6 is 0 Å². The molecule has 12 heteroatoms. The van der Waals surface area contributed by atoms with Crippen molar-refractivity contribution in [1.29, 1.82) is 0 Å². The lowest BCUT2D eigenvalue weighted by Crippen LogP contribution is -2.45. The first-order valence-electron chi connectivity index (χ1n) is 12.3. The molecule has 2 aliphatic rings. The Kier molecular flexibility index (Phi) is 12.9. The number of carbonyl (C=O) groups is 4. The van der Waals surface area contributed by atoms with E-state index in [-0.39, 0.29) is 6.10 Å². The van der Waals surface area contributed by atoms with Crippen molar-refractivity contribution in [3.63, 3.8) is 0 Å². The van der Waals surface area contributed by atoms with Crippen LogP contribution in [-0.2, 0) is 19.2 Å². The van der Waals surface area contributed by atoms with Crippen molar-refractivity contribution in [1.82, 2.24) is 9.80 Å². The summed E-state index contributed by atoms with van der Waals surface area (Å²) in [4.78, 5) is 43.1. The molecule has 0 bridgehead atoms. The molecule has 2 aromatic rings. The molecule has 2 heterocycles. The Balaban J connectivity index is 0.000000290. The maximum atomic E-state index is 9.55. The van der Waals surface area contributed by atoms with Crippen LogP contribution in [0.5, 0.6) is 17.2 Å². The zero-order valence-corrected chi connectivity index (χ0v) is 21.9. The van der Waals surface area contributed by atoms with Crippen molar-refractivity contribution in [3.05, 3.63) is 78.4 Å². The summed E-state index contributed by atoms with van der Waals surface area (Å²) in [6.07, 6.45) is 3.23. The fourth-order valence-corrected chi connectivity index (χ4v) is 3.68. The number of ether oxygens (including phenoxy) is 2. The standard InChI is InChI=1S/C20H24N2O2.2C4H4O4/c1-21-12-14-22(15-13-21)11-10-18-16-6-2-3-7-17(16)23-19-8-4-5-9-20(19)24-18;2*5-3(6)1-2-4(7)8/h2-9,18H,10-15H2,1H3;2*1-2H,(H,5,6)(H,7,8)/b;2*2-1+. The van der Waals surface area contributed by atoms with Crippen molar-refractivity contribution in [3.8, 4) is 17.2 Å². The smallest absolute Gasteiger partial charge is 0.328 e. The van der Waals surface area contributed by atoms with E-state index in [1.165, 1.54) is 0 Å². The third kappa shape index (κ3) is 11.8. The van der Waals surface area contributed by atoms with Gasteiger partial charge in [-0.25, -0.2) is 19.2 Å². The third-order valence-corrected chi connectivity index (χ3v) is 5.64. The lowest BCUT2D eigenvalue weighted by Gasteiger charge is -2.33. The first-order chi connectivity index (χ1) is 19.0. The molecule has 4 rings (SSSR count). The van der Waals surface area contributed by atoms with E-state index in [1.807, 2.05) is 36.4 Å². The van der Waals surface area contributed by atoms with Crippen molar-refractivity contribution in [2.24, 2.45) is 0 Å². The van der Waals surface area contributed by atoms with Gasteiger partial charge in [-0.1, -0.05) is 30.3 Å². The molecule has 2 aromatic carbocycles. The summed E-state index contributed by atoms with van der Waals surface area (Å²) in [5, 5.41) is 31.2. The van der Waals surface area contributed by atoms with Gasteiger partial charge < -0.3 is 39.7 Å². The van der Waals surface area contributed by atoms with Crippen molar-refractivity contribution < 1.29 is 49.1 Å². The normalized spacial score (nSPS) is 16.5. The van der Waals surface area contributed by atoms with Crippen LogP contribution in [-0.4, -0.2) is 93.9 Å². The van der Waals surface area contributed by atoms with Crippen molar-refractivity contribution in [2.75, 3.05) is 39.8 Å². The zero-order chi connectivity index (χ0) is 29.5. The predicted octanol–water partition coefficient (Wildman–Crippen LogP) is 2.97. The minimum Gasteiger partial charge on any atom is -0.482 e. The van der Waals surface area contributed by atoms with Crippen LogP contribution in [0.1, 0.15) is 18.1 Å². The number of carboxylic acid groups (broad SMARTS) is 4. The Hall–Kier alpha value is -4.68. The van der Waals surface area contributed by atoms with Crippen LogP contribution in [0.25, 0.3) is 0 Å². The first-order valence-corrected chi connectivity index (χ1v) is 12.3. The summed E-state index contributed by atoms with van der Waals surface area (Å²) >= 11 is 0. The molecule has 12 nitrogen and oxygen atoms in total. The Morgan fingerprint density at radius 1 is 0.725 bits per heavy atom. The Labute approximate surface area is 231 Å². The van der Waals surface area contributed by atoms with E-state index in [0.29, 0.717) is 24.3 Å². The molecule has 0 radical (unpaired) electrons. The summed E-state index contributed by atoms with van der Waals surface area (Å²) in [5.41, 5.74) is 1.14. The number of nitrogens with zero attached hydrogens (tertiary/aromatic N) is 2. The van der Waals surface area contributed by atoms with E-state index < -0.39 is 23.9 Å². The average Bonchev–Trinajstić information content (AvgIpc) is 3.08. The molecule has 1 unspecified atom stereocenters. The largest absolute Gasteiger partial charge is 0.482 e. The summed E-state index contributed by atoms with van der Waals surface area (Å²) in [7, 11) is 2.19. The SMILES string of the molecule is CN1CCN(CCC2Oc3ccccc3Oc3ccccc32)CC1.O=C(O)/C=C/C(=O)O.O=C(O)/C=C/C(=O)O. The summed E-state index contributed by atoms with van der Waals surface area (Å²) < 4.78 is 12.4. The molecule has 1 atom stereocenters. The number of carboxylic acids is 4. The van der Waals surface area contributed by atoms with E-state index in [2.05, 4.69) is 29.0 Å². The van der Waals surface area contributed by atoms with Crippen molar-refractivity contribution >= 4 is 23.9 Å². The summed E-state index contributed by atoms with van der Waals surface area (Å²) in [6, 6.07) is 16.2. The third-order valence-electron chi connectivity index (χ3n) is 5.64. The maximum Gasteiger partial charge on any atom is 0.328 e. The number of rotatable bonds is 7. The zero-order valence-electron chi connectivity index (χ0n) is 21.9. The lowest BCUT2D eigenvalue weighted by molar-refractivity contribution is -0.134. The van der Waals surface area contributed by atoms with Crippen LogP contribution < -0.4 is 9.47 Å². The molecule has 2 aliphatic heterocycles.